The molecule has 2 heteroatoms. The summed E-state index contributed by atoms with van der Waals surface area (Å²) in [6.45, 7) is 11.0. The largest absolute Gasteiger partial charge is 0.269 e. The fourth-order valence-electron chi connectivity index (χ4n) is 1.20. The van der Waals surface area contributed by atoms with Gasteiger partial charge in [-0.05, 0) is 33.3 Å². The summed E-state index contributed by atoms with van der Waals surface area (Å²) in [6, 6.07) is 2.10. The van der Waals surface area contributed by atoms with Gasteiger partial charge in [0, 0.05) is 12.2 Å². The average molecular weight is 164 g/mol. The van der Waals surface area contributed by atoms with E-state index in [9.17, 15) is 0 Å². The van der Waals surface area contributed by atoms with Crippen LogP contribution in [-0.4, -0.2) is 9.78 Å². The number of hydrogen-bond donors (Lipinski definition) is 0. The summed E-state index contributed by atoms with van der Waals surface area (Å²) in [7, 11) is 0. The van der Waals surface area contributed by atoms with Gasteiger partial charge in [-0.2, -0.15) is 5.10 Å². The highest BCUT2D eigenvalue weighted by Crippen LogP contribution is 2.05. The first kappa shape index (κ1) is 9.04. The Hall–Kier alpha value is -1.05. The Morgan fingerprint density at radius 1 is 1.58 bits per heavy atom. The summed E-state index contributed by atoms with van der Waals surface area (Å²) in [5.74, 6) is 0. The van der Waals surface area contributed by atoms with Gasteiger partial charge in [0.15, 0.2) is 0 Å². The molecule has 1 rings (SSSR count). The maximum atomic E-state index is 4.36. The first-order valence-corrected chi connectivity index (χ1v) is 4.25. The summed E-state index contributed by atoms with van der Waals surface area (Å²) in [6.07, 6.45) is 1.02. The van der Waals surface area contributed by atoms with Crippen LogP contribution in [0.15, 0.2) is 18.2 Å². The number of rotatable bonds is 3. The van der Waals surface area contributed by atoms with E-state index in [2.05, 4.69) is 24.7 Å². The molecule has 0 saturated carbocycles. The van der Waals surface area contributed by atoms with Crippen molar-refractivity contribution in [3.05, 3.63) is 29.6 Å². The molecule has 0 bridgehead atoms. The highest BCUT2D eigenvalue weighted by atomic mass is 15.3. The summed E-state index contributed by atoms with van der Waals surface area (Å²) >= 11 is 0. The van der Waals surface area contributed by atoms with E-state index >= 15 is 0 Å². The van der Waals surface area contributed by atoms with Crippen LogP contribution in [0, 0.1) is 13.8 Å². The lowest BCUT2D eigenvalue weighted by Gasteiger charge is -2.02. The summed E-state index contributed by atoms with van der Waals surface area (Å²) < 4.78 is 2.03. The zero-order valence-electron chi connectivity index (χ0n) is 8.09. The van der Waals surface area contributed by atoms with E-state index in [4.69, 9.17) is 0 Å². The van der Waals surface area contributed by atoms with Crippen molar-refractivity contribution < 1.29 is 0 Å². The molecule has 0 aliphatic rings. The summed E-state index contributed by atoms with van der Waals surface area (Å²) in [4.78, 5) is 0. The number of nitrogens with zero attached hydrogens (tertiary/aromatic N) is 2. The quantitative estimate of drug-likeness (QED) is 0.627. The molecule has 0 aliphatic heterocycles. The average Bonchev–Trinajstić information content (AvgIpc) is 2.26. The van der Waals surface area contributed by atoms with Crippen LogP contribution in [0.5, 0.6) is 0 Å². The smallest absolute Gasteiger partial charge is 0.0596 e. The van der Waals surface area contributed by atoms with Gasteiger partial charge < -0.3 is 0 Å². The van der Waals surface area contributed by atoms with Crippen molar-refractivity contribution in [3.8, 4) is 0 Å². The van der Waals surface area contributed by atoms with Gasteiger partial charge in [0.2, 0.25) is 0 Å². The van der Waals surface area contributed by atoms with Crippen molar-refractivity contribution in [2.45, 2.75) is 33.7 Å². The van der Waals surface area contributed by atoms with Crippen LogP contribution in [-0.2, 0) is 6.54 Å². The van der Waals surface area contributed by atoms with Gasteiger partial charge in [0.1, 0.15) is 0 Å². The van der Waals surface area contributed by atoms with E-state index < -0.39 is 0 Å². The molecule has 0 aliphatic carbocycles. The molecule has 66 valence electrons. The number of hydrogen-bond acceptors (Lipinski definition) is 1. The van der Waals surface area contributed by atoms with Gasteiger partial charge in [-0.3, -0.25) is 4.68 Å². The van der Waals surface area contributed by atoms with Crippen LogP contribution in [0.3, 0.4) is 0 Å². The molecule has 1 aromatic rings. The third-order valence-corrected chi connectivity index (χ3v) is 1.85. The van der Waals surface area contributed by atoms with Gasteiger partial charge in [-0.1, -0.05) is 5.57 Å². The topological polar surface area (TPSA) is 17.8 Å². The Balaban J connectivity index is 2.62. The van der Waals surface area contributed by atoms with E-state index in [0.717, 1.165) is 18.7 Å². The van der Waals surface area contributed by atoms with Gasteiger partial charge >= 0.3 is 0 Å². The van der Waals surface area contributed by atoms with Crippen LogP contribution >= 0.6 is 0 Å². The maximum Gasteiger partial charge on any atom is 0.0596 e. The Labute approximate surface area is 73.9 Å². The standard InChI is InChI=1S/C10H16N2/c1-8(2)5-6-12-10(4)7-9(3)11-12/h7H,1,5-6H2,2-4H3. The second kappa shape index (κ2) is 3.57. The molecule has 0 amide bonds. The Morgan fingerprint density at radius 3 is 2.67 bits per heavy atom. The third-order valence-electron chi connectivity index (χ3n) is 1.85. The molecule has 0 radical (unpaired) electrons. The molecule has 2 nitrogen and oxygen atoms in total. The zero-order valence-corrected chi connectivity index (χ0v) is 8.09. The first-order chi connectivity index (χ1) is 5.59. The van der Waals surface area contributed by atoms with Crippen molar-refractivity contribution in [3.63, 3.8) is 0 Å². The van der Waals surface area contributed by atoms with Gasteiger partial charge in [0.25, 0.3) is 0 Å². The minimum atomic E-state index is 0.953. The SMILES string of the molecule is C=C(C)CCn1nc(C)cc1C. The number of aromatic nitrogens is 2. The lowest BCUT2D eigenvalue weighted by molar-refractivity contribution is 0.592. The number of aryl methyl sites for hydroxylation is 3. The fourth-order valence-corrected chi connectivity index (χ4v) is 1.20. The molecule has 0 fully saturated rings. The van der Waals surface area contributed by atoms with E-state index in [0.29, 0.717) is 0 Å². The summed E-state index contributed by atoms with van der Waals surface area (Å²) in [5, 5.41) is 4.36. The minimum absolute atomic E-state index is 0.953. The van der Waals surface area contributed by atoms with Crippen molar-refractivity contribution in [1.82, 2.24) is 9.78 Å². The highest BCUT2D eigenvalue weighted by Gasteiger charge is 1.99. The Morgan fingerprint density at radius 2 is 2.25 bits per heavy atom. The van der Waals surface area contributed by atoms with E-state index in [1.54, 1.807) is 0 Å². The predicted molar refractivity (Wildman–Crippen MR) is 51.1 cm³/mol. The van der Waals surface area contributed by atoms with Crippen LogP contribution in [0.4, 0.5) is 0 Å². The van der Waals surface area contributed by atoms with Gasteiger partial charge in [-0.25, -0.2) is 0 Å². The van der Waals surface area contributed by atoms with Gasteiger partial charge in [-0.15, -0.1) is 6.58 Å². The predicted octanol–water partition coefficient (Wildman–Crippen LogP) is 2.47. The monoisotopic (exact) mass is 164 g/mol. The number of allylic oxidation sites excluding steroid dienone is 1. The second-order valence-electron chi connectivity index (χ2n) is 3.36. The second-order valence-corrected chi connectivity index (χ2v) is 3.36. The molecule has 0 aromatic carbocycles. The lowest BCUT2D eigenvalue weighted by atomic mass is 10.2. The highest BCUT2D eigenvalue weighted by molar-refractivity contribution is 5.06. The first-order valence-electron chi connectivity index (χ1n) is 4.25. The summed E-state index contributed by atoms with van der Waals surface area (Å²) in [5.41, 5.74) is 3.53. The molecule has 0 N–H and O–H groups in total. The normalized spacial score (nSPS) is 10.2. The molecular formula is C10H16N2. The minimum Gasteiger partial charge on any atom is -0.269 e. The lowest BCUT2D eigenvalue weighted by Crippen LogP contribution is -2.02. The Bertz CT molecular complexity index is 284. The van der Waals surface area contributed by atoms with E-state index in [-0.39, 0.29) is 0 Å². The molecule has 0 saturated heterocycles. The van der Waals surface area contributed by atoms with Crippen LogP contribution < -0.4 is 0 Å². The molecular weight excluding hydrogens is 148 g/mol. The molecule has 1 heterocycles. The van der Waals surface area contributed by atoms with Crippen LogP contribution in [0.1, 0.15) is 24.7 Å². The molecule has 0 spiro atoms. The van der Waals surface area contributed by atoms with E-state index in [1.807, 2.05) is 18.5 Å². The molecule has 1 aromatic heterocycles. The molecule has 0 atom stereocenters. The zero-order chi connectivity index (χ0) is 9.14. The van der Waals surface area contributed by atoms with Crippen molar-refractivity contribution in [2.24, 2.45) is 0 Å². The van der Waals surface area contributed by atoms with Crippen molar-refractivity contribution in [1.29, 1.82) is 0 Å². The Kier molecular flexibility index (Phi) is 2.69. The van der Waals surface area contributed by atoms with Crippen molar-refractivity contribution in [2.75, 3.05) is 0 Å². The fraction of sp³-hybridized carbons (Fsp3) is 0.500. The molecule has 12 heavy (non-hydrogen) atoms. The van der Waals surface area contributed by atoms with Crippen LogP contribution in [0.25, 0.3) is 0 Å². The maximum absolute atomic E-state index is 4.36. The van der Waals surface area contributed by atoms with Crippen molar-refractivity contribution >= 4 is 0 Å². The third kappa shape index (κ3) is 2.22. The van der Waals surface area contributed by atoms with Gasteiger partial charge in [0.05, 0.1) is 5.69 Å². The van der Waals surface area contributed by atoms with Crippen LogP contribution in [0.2, 0.25) is 0 Å². The van der Waals surface area contributed by atoms with E-state index in [1.165, 1.54) is 11.3 Å². The molecule has 0 unspecified atom stereocenters.